The predicted molar refractivity (Wildman–Crippen MR) is 65.9 cm³/mol. The van der Waals surface area contributed by atoms with Crippen molar-refractivity contribution in [3.05, 3.63) is 23.7 Å². The summed E-state index contributed by atoms with van der Waals surface area (Å²) in [7, 11) is 3.25. The third-order valence-corrected chi connectivity index (χ3v) is 3.12. The molecular formula is C11H14N2O2S. The maximum absolute atomic E-state index is 5.10. The van der Waals surface area contributed by atoms with E-state index in [1.807, 2.05) is 17.6 Å². The Kier molecular flexibility index (Phi) is 3.71. The van der Waals surface area contributed by atoms with Crippen LogP contribution < -0.4 is 5.32 Å². The Morgan fingerprint density at radius 3 is 2.94 bits per heavy atom. The van der Waals surface area contributed by atoms with Crippen LogP contribution >= 0.6 is 11.3 Å². The van der Waals surface area contributed by atoms with Crippen molar-refractivity contribution < 1.29 is 9.47 Å². The number of nitrogens with one attached hydrogen (secondary N) is 1. The molecular weight excluding hydrogens is 224 g/mol. The Bertz CT molecular complexity index is 454. The average molecular weight is 238 g/mol. The largest absolute Gasteiger partial charge is 0.380 e. The van der Waals surface area contributed by atoms with E-state index in [1.165, 1.54) is 4.70 Å². The maximum atomic E-state index is 5.10. The van der Waals surface area contributed by atoms with Crippen LogP contribution in [0.5, 0.6) is 0 Å². The summed E-state index contributed by atoms with van der Waals surface area (Å²) in [6.45, 7) is 0.622. The minimum Gasteiger partial charge on any atom is -0.380 e. The summed E-state index contributed by atoms with van der Waals surface area (Å²) in [6.07, 6.45) is -0.225. The number of nitrogens with zero attached hydrogens (tertiary/aromatic N) is 1. The van der Waals surface area contributed by atoms with E-state index in [9.17, 15) is 0 Å². The second-order valence-electron chi connectivity index (χ2n) is 3.32. The summed E-state index contributed by atoms with van der Waals surface area (Å²) in [6, 6.07) is 6.09. The van der Waals surface area contributed by atoms with Crippen LogP contribution in [-0.4, -0.2) is 32.0 Å². The van der Waals surface area contributed by atoms with Gasteiger partial charge in [-0.2, -0.15) is 0 Å². The van der Waals surface area contributed by atoms with E-state index in [-0.39, 0.29) is 6.29 Å². The van der Waals surface area contributed by atoms with Gasteiger partial charge >= 0.3 is 0 Å². The molecule has 2 aromatic rings. The van der Waals surface area contributed by atoms with E-state index >= 15 is 0 Å². The lowest BCUT2D eigenvalue weighted by Gasteiger charge is -2.14. The molecule has 0 unspecified atom stereocenters. The van der Waals surface area contributed by atoms with Gasteiger partial charge in [-0.05, 0) is 18.2 Å². The first kappa shape index (κ1) is 11.3. The topological polar surface area (TPSA) is 43.4 Å². The molecule has 0 spiro atoms. The molecule has 0 saturated heterocycles. The zero-order valence-electron chi connectivity index (χ0n) is 9.27. The average Bonchev–Trinajstić information content (AvgIpc) is 2.77. The van der Waals surface area contributed by atoms with Gasteiger partial charge in [-0.15, -0.1) is 11.3 Å². The number of thiazole rings is 1. The molecule has 0 bridgehead atoms. The molecule has 0 aliphatic carbocycles. The first-order chi connectivity index (χ1) is 7.83. The highest BCUT2D eigenvalue weighted by molar-refractivity contribution is 7.16. The van der Waals surface area contributed by atoms with E-state index < -0.39 is 0 Å². The van der Waals surface area contributed by atoms with E-state index in [0.29, 0.717) is 6.54 Å². The molecule has 2 rings (SSSR count). The standard InChI is InChI=1S/C11H14N2O2S/c1-14-11(15-2)6-12-8-3-4-9-10(5-8)16-7-13-9/h3-5,7,11-12H,6H2,1-2H3. The van der Waals surface area contributed by atoms with E-state index in [1.54, 1.807) is 25.6 Å². The van der Waals surface area contributed by atoms with Crippen molar-refractivity contribution in [1.29, 1.82) is 0 Å². The van der Waals surface area contributed by atoms with Gasteiger partial charge in [0, 0.05) is 19.9 Å². The van der Waals surface area contributed by atoms with Crippen molar-refractivity contribution in [2.45, 2.75) is 6.29 Å². The molecule has 4 nitrogen and oxygen atoms in total. The van der Waals surface area contributed by atoms with Crippen LogP contribution in [0.1, 0.15) is 0 Å². The quantitative estimate of drug-likeness (QED) is 0.812. The zero-order valence-corrected chi connectivity index (χ0v) is 10.1. The smallest absolute Gasteiger partial charge is 0.173 e. The normalized spacial score (nSPS) is 11.2. The fraction of sp³-hybridized carbons (Fsp3) is 0.364. The number of methoxy groups -OCH3 is 2. The molecule has 0 radical (unpaired) electrons. The van der Waals surface area contributed by atoms with E-state index in [2.05, 4.69) is 16.4 Å². The van der Waals surface area contributed by atoms with Gasteiger partial charge in [0.15, 0.2) is 6.29 Å². The molecule has 0 amide bonds. The highest BCUT2D eigenvalue weighted by Gasteiger charge is 2.04. The van der Waals surface area contributed by atoms with Crippen molar-refractivity contribution in [2.24, 2.45) is 0 Å². The molecule has 5 heteroatoms. The van der Waals surface area contributed by atoms with Crippen LogP contribution in [0.4, 0.5) is 5.69 Å². The van der Waals surface area contributed by atoms with E-state index in [4.69, 9.17) is 9.47 Å². The molecule has 0 atom stereocenters. The van der Waals surface area contributed by atoms with E-state index in [0.717, 1.165) is 11.2 Å². The van der Waals surface area contributed by atoms with Gasteiger partial charge in [0.05, 0.1) is 22.3 Å². The van der Waals surface area contributed by atoms with Gasteiger partial charge in [0.1, 0.15) is 0 Å². The lowest BCUT2D eigenvalue weighted by Crippen LogP contribution is -2.23. The summed E-state index contributed by atoms with van der Waals surface area (Å²) in [4.78, 5) is 4.23. The molecule has 16 heavy (non-hydrogen) atoms. The molecule has 86 valence electrons. The van der Waals surface area contributed by atoms with Crippen LogP contribution in [0.3, 0.4) is 0 Å². The lowest BCUT2D eigenvalue weighted by atomic mass is 10.3. The molecule has 1 aromatic heterocycles. The lowest BCUT2D eigenvalue weighted by molar-refractivity contribution is -0.0914. The number of aromatic nitrogens is 1. The number of hydrogen-bond donors (Lipinski definition) is 1. The molecule has 0 aliphatic rings. The highest BCUT2D eigenvalue weighted by atomic mass is 32.1. The molecule has 0 fully saturated rings. The van der Waals surface area contributed by atoms with Crippen LogP contribution in [-0.2, 0) is 9.47 Å². The van der Waals surface area contributed by atoms with Crippen molar-refractivity contribution in [3.8, 4) is 0 Å². The molecule has 0 aliphatic heterocycles. The highest BCUT2D eigenvalue weighted by Crippen LogP contribution is 2.21. The fourth-order valence-electron chi connectivity index (χ4n) is 1.43. The van der Waals surface area contributed by atoms with Crippen LogP contribution in [0.15, 0.2) is 23.7 Å². The van der Waals surface area contributed by atoms with Gasteiger partial charge < -0.3 is 14.8 Å². The predicted octanol–water partition coefficient (Wildman–Crippen LogP) is 2.33. The number of ether oxygens (including phenoxy) is 2. The van der Waals surface area contributed by atoms with Crippen LogP contribution in [0.2, 0.25) is 0 Å². The Morgan fingerprint density at radius 1 is 1.38 bits per heavy atom. The Hall–Kier alpha value is -1.17. The van der Waals surface area contributed by atoms with Gasteiger partial charge in [-0.25, -0.2) is 4.98 Å². The van der Waals surface area contributed by atoms with Gasteiger partial charge in [-0.1, -0.05) is 0 Å². The van der Waals surface area contributed by atoms with Crippen molar-refractivity contribution in [2.75, 3.05) is 26.1 Å². The van der Waals surface area contributed by atoms with Crippen LogP contribution in [0.25, 0.3) is 10.2 Å². The molecule has 1 N–H and O–H groups in total. The van der Waals surface area contributed by atoms with Crippen LogP contribution in [0, 0.1) is 0 Å². The summed E-state index contributed by atoms with van der Waals surface area (Å²) in [5, 5.41) is 3.26. The number of rotatable bonds is 5. The summed E-state index contributed by atoms with van der Waals surface area (Å²) < 4.78 is 11.4. The summed E-state index contributed by atoms with van der Waals surface area (Å²) in [5.74, 6) is 0. The maximum Gasteiger partial charge on any atom is 0.173 e. The second-order valence-corrected chi connectivity index (χ2v) is 4.20. The minimum atomic E-state index is -0.225. The Labute approximate surface area is 98.2 Å². The Balaban J connectivity index is 2.03. The van der Waals surface area contributed by atoms with Gasteiger partial charge in [-0.3, -0.25) is 0 Å². The third kappa shape index (κ3) is 2.49. The monoisotopic (exact) mass is 238 g/mol. The number of anilines is 1. The van der Waals surface area contributed by atoms with Gasteiger partial charge in [0.25, 0.3) is 0 Å². The first-order valence-corrected chi connectivity index (χ1v) is 5.84. The number of hydrogen-bond acceptors (Lipinski definition) is 5. The van der Waals surface area contributed by atoms with Gasteiger partial charge in [0.2, 0.25) is 0 Å². The minimum absolute atomic E-state index is 0.225. The van der Waals surface area contributed by atoms with Crippen molar-refractivity contribution in [3.63, 3.8) is 0 Å². The fourth-order valence-corrected chi connectivity index (χ4v) is 2.15. The molecule has 1 heterocycles. The van der Waals surface area contributed by atoms with Crippen molar-refractivity contribution >= 4 is 27.2 Å². The summed E-state index contributed by atoms with van der Waals surface area (Å²) >= 11 is 1.63. The number of benzene rings is 1. The molecule has 0 saturated carbocycles. The second kappa shape index (κ2) is 5.25. The zero-order chi connectivity index (χ0) is 11.4. The third-order valence-electron chi connectivity index (χ3n) is 2.33. The summed E-state index contributed by atoms with van der Waals surface area (Å²) in [5.41, 5.74) is 3.93. The Morgan fingerprint density at radius 2 is 2.19 bits per heavy atom. The molecule has 1 aromatic carbocycles. The SMILES string of the molecule is COC(CNc1ccc2ncsc2c1)OC. The van der Waals surface area contributed by atoms with Crippen molar-refractivity contribution in [1.82, 2.24) is 4.98 Å². The first-order valence-electron chi connectivity index (χ1n) is 4.96. The number of fused-ring (bicyclic) bond motifs is 1.